The second-order valence-corrected chi connectivity index (χ2v) is 5.34. The molecule has 0 saturated carbocycles. The second-order valence-electron chi connectivity index (χ2n) is 5.34. The Bertz CT molecular complexity index is 511. The largest absolute Gasteiger partial charge is 0.573 e. The molecule has 1 atom stereocenters. The van der Waals surface area contributed by atoms with Crippen LogP contribution in [0.15, 0.2) is 24.3 Å². The lowest BCUT2D eigenvalue weighted by Gasteiger charge is -2.32. The number of amides is 1. The smallest absolute Gasteiger partial charge is 0.404 e. The van der Waals surface area contributed by atoms with Gasteiger partial charge >= 0.3 is 6.36 Å². The number of anilines is 1. The van der Waals surface area contributed by atoms with Gasteiger partial charge in [0, 0.05) is 6.54 Å². The third-order valence-electron chi connectivity index (χ3n) is 3.51. The summed E-state index contributed by atoms with van der Waals surface area (Å²) in [6.07, 6.45) is -3.25. The number of para-hydroxylation sites is 2. The molecular weight excluding hydrogens is 285 g/mol. The van der Waals surface area contributed by atoms with Crippen LogP contribution in [0, 0.1) is 5.41 Å². The highest BCUT2D eigenvalue weighted by Crippen LogP contribution is 2.32. The molecule has 0 radical (unpaired) electrons. The van der Waals surface area contributed by atoms with Crippen LogP contribution >= 0.6 is 0 Å². The van der Waals surface area contributed by atoms with Gasteiger partial charge in [-0.05, 0) is 38.4 Å². The summed E-state index contributed by atoms with van der Waals surface area (Å²) >= 11 is 0. The van der Waals surface area contributed by atoms with E-state index in [0.29, 0.717) is 13.0 Å². The van der Waals surface area contributed by atoms with Gasteiger partial charge in [0.25, 0.3) is 0 Å². The lowest BCUT2D eigenvalue weighted by molar-refractivity contribution is -0.274. The highest BCUT2D eigenvalue weighted by molar-refractivity contribution is 5.96. The van der Waals surface area contributed by atoms with Gasteiger partial charge in [-0.1, -0.05) is 12.1 Å². The van der Waals surface area contributed by atoms with E-state index in [1.807, 2.05) is 0 Å². The van der Waals surface area contributed by atoms with E-state index in [9.17, 15) is 18.0 Å². The fourth-order valence-electron chi connectivity index (χ4n) is 2.31. The Morgan fingerprint density at radius 1 is 1.38 bits per heavy atom. The van der Waals surface area contributed by atoms with Crippen LogP contribution in [0.25, 0.3) is 0 Å². The molecule has 0 aromatic heterocycles. The van der Waals surface area contributed by atoms with E-state index in [2.05, 4.69) is 15.4 Å². The van der Waals surface area contributed by atoms with E-state index in [1.54, 1.807) is 13.0 Å². The first-order valence-corrected chi connectivity index (χ1v) is 6.67. The van der Waals surface area contributed by atoms with E-state index >= 15 is 0 Å². The summed E-state index contributed by atoms with van der Waals surface area (Å²) in [6, 6.07) is 5.52. The van der Waals surface area contributed by atoms with Gasteiger partial charge in [-0.3, -0.25) is 4.79 Å². The fraction of sp³-hybridized carbons (Fsp3) is 0.500. The zero-order chi connectivity index (χ0) is 15.5. The van der Waals surface area contributed by atoms with Crippen molar-refractivity contribution in [3.63, 3.8) is 0 Å². The van der Waals surface area contributed by atoms with Crippen LogP contribution in [0.2, 0.25) is 0 Å². The molecule has 1 aliphatic heterocycles. The van der Waals surface area contributed by atoms with Crippen LogP contribution in [0.5, 0.6) is 5.75 Å². The van der Waals surface area contributed by atoms with Crippen molar-refractivity contribution >= 4 is 11.6 Å². The maximum Gasteiger partial charge on any atom is 0.573 e. The van der Waals surface area contributed by atoms with E-state index in [-0.39, 0.29) is 11.6 Å². The number of nitrogens with one attached hydrogen (secondary N) is 2. The van der Waals surface area contributed by atoms with Gasteiger partial charge in [0.15, 0.2) is 5.75 Å². The van der Waals surface area contributed by atoms with Crippen LogP contribution in [0.3, 0.4) is 0 Å². The Morgan fingerprint density at radius 2 is 2.10 bits per heavy atom. The van der Waals surface area contributed by atoms with Gasteiger partial charge in [-0.2, -0.15) is 0 Å². The number of benzene rings is 1. The first-order chi connectivity index (χ1) is 9.80. The molecule has 1 aromatic carbocycles. The molecule has 7 heteroatoms. The summed E-state index contributed by atoms with van der Waals surface area (Å²) in [5, 5.41) is 5.66. The number of ether oxygens (including phenoxy) is 1. The Labute approximate surface area is 120 Å². The molecule has 0 spiro atoms. The first-order valence-electron chi connectivity index (χ1n) is 6.67. The Morgan fingerprint density at radius 3 is 2.71 bits per heavy atom. The quantitative estimate of drug-likeness (QED) is 0.902. The number of carbonyl (C=O) groups is 1. The molecule has 4 nitrogen and oxygen atoms in total. The minimum absolute atomic E-state index is 0.0200. The lowest BCUT2D eigenvalue weighted by Crippen LogP contribution is -2.46. The topological polar surface area (TPSA) is 50.4 Å². The van der Waals surface area contributed by atoms with Crippen molar-refractivity contribution in [3.8, 4) is 5.75 Å². The van der Waals surface area contributed by atoms with Crippen molar-refractivity contribution in [2.45, 2.75) is 26.1 Å². The van der Waals surface area contributed by atoms with Gasteiger partial charge in [0.05, 0.1) is 11.1 Å². The second kappa shape index (κ2) is 5.93. The number of halogens is 3. The highest BCUT2D eigenvalue weighted by atomic mass is 19.4. The van der Waals surface area contributed by atoms with Crippen LogP contribution in [0.1, 0.15) is 19.8 Å². The molecule has 1 unspecified atom stereocenters. The normalized spacial score (nSPS) is 22.7. The summed E-state index contributed by atoms with van der Waals surface area (Å²) in [5.74, 6) is -0.723. The molecule has 21 heavy (non-hydrogen) atoms. The third kappa shape index (κ3) is 4.10. The molecule has 1 amide bonds. The van der Waals surface area contributed by atoms with Gasteiger partial charge in [0.1, 0.15) is 0 Å². The molecule has 2 rings (SSSR count). The van der Waals surface area contributed by atoms with Gasteiger partial charge in [0.2, 0.25) is 5.91 Å². The van der Waals surface area contributed by atoms with E-state index in [1.165, 1.54) is 18.2 Å². The minimum atomic E-state index is -4.79. The minimum Gasteiger partial charge on any atom is -0.404 e. The number of alkyl halides is 3. The predicted octanol–water partition coefficient (Wildman–Crippen LogP) is 2.91. The van der Waals surface area contributed by atoms with E-state index in [0.717, 1.165) is 13.0 Å². The SMILES string of the molecule is CC1(C(=O)Nc2ccccc2OC(F)(F)F)CCCNC1. The lowest BCUT2D eigenvalue weighted by atomic mass is 9.82. The molecule has 1 aliphatic rings. The zero-order valence-corrected chi connectivity index (χ0v) is 11.6. The molecule has 1 fully saturated rings. The van der Waals surface area contributed by atoms with Crippen LogP contribution in [-0.4, -0.2) is 25.4 Å². The third-order valence-corrected chi connectivity index (χ3v) is 3.51. The molecule has 2 N–H and O–H groups in total. The van der Waals surface area contributed by atoms with Gasteiger partial charge in [-0.25, -0.2) is 0 Å². The van der Waals surface area contributed by atoms with Crippen LogP contribution in [0.4, 0.5) is 18.9 Å². The Hall–Kier alpha value is -1.76. The standard InChI is InChI=1S/C14H17F3N2O2/c1-13(7-4-8-18-9-13)12(20)19-10-5-2-3-6-11(10)21-14(15,16)17/h2-3,5-6,18H,4,7-9H2,1H3,(H,19,20). The summed E-state index contributed by atoms with van der Waals surface area (Å²) in [5.41, 5.74) is -0.615. The molecule has 0 bridgehead atoms. The predicted molar refractivity (Wildman–Crippen MR) is 72.0 cm³/mol. The first kappa shape index (κ1) is 15.6. The Balaban J connectivity index is 2.14. The zero-order valence-electron chi connectivity index (χ0n) is 11.6. The average Bonchev–Trinajstić information content (AvgIpc) is 2.40. The summed E-state index contributed by atoms with van der Waals surface area (Å²) < 4.78 is 41.0. The number of hydrogen-bond donors (Lipinski definition) is 2. The van der Waals surface area contributed by atoms with E-state index in [4.69, 9.17) is 0 Å². The summed E-state index contributed by atoms with van der Waals surface area (Å²) in [4.78, 5) is 12.3. The van der Waals surface area contributed by atoms with Crippen molar-refractivity contribution in [1.82, 2.24) is 5.32 Å². The summed E-state index contributed by atoms with van der Waals surface area (Å²) in [7, 11) is 0. The maximum absolute atomic E-state index is 12.3. The molecule has 1 saturated heterocycles. The fourth-order valence-corrected chi connectivity index (χ4v) is 2.31. The molecule has 1 aromatic rings. The number of carbonyl (C=O) groups excluding carboxylic acids is 1. The van der Waals surface area contributed by atoms with Crippen LogP contribution < -0.4 is 15.4 Å². The molecule has 0 aliphatic carbocycles. The average molecular weight is 302 g/mol. The summed E-state index contributed by atoms with van der Waals surface area (Å²) in [6.45, 7) is 3.14. The molecular formula is C14H17F3N2O2. The van der Waals surface area contributed by atoms with Crippen molar-refractivity contribution < 1.29 is 22.7 Å². The Kier molecular flexibility index (Phi) is 4.41. The van der Waals surface area contributed by atoms with Crippen molar-refractivity contribution in [1.29, 1.82) is 0 Å². The van der Waals surface area contributed by atoms with Crippen LogP contribution in [-0.2, 0) is 4.79 Å². The molecule has 1 heterocycles. The van der Waals surface area contributed by atoms with Crippen molar-refractivity contribution in [2.24, 2.45) is 5.41 Å². The van der Waals surface area contributed by atoms with Gasteiger partial charge < -0.3 is 15.4 Å². The van der Waals surface area contributed by atoms with Gasteiger partial charge in [-0.15, -0.1) is 13.2 Å². The maximum atomic E-state index is 12.3. The molecule has 116 valence electrons. The van der Waals surface area contributed by atoms with E-state index < -0.39 is 17.5 Å². The van der Waals surface area contributed by atoms with Crippen molar-refractivity contribution in [2.75, 3.05) is 18.4 Å². The monoisotopic (exact) mass is 302 g/mol. The number of piperidine rings is 1. The number of rotatable bonds is 3. The highest BCUT2D eigenvalue weighted by Gasteiger charge is 2.36. The number of hydrogen-bond acceptors (Lipinski definition) is 3. The van der Waals surface area contributed by atoms with Crippen molar-refractivity contribution in [3.05, 3.63) is 24.3 Å².